The summed E-state index contributed by atoms with van der Waals surface area (Å²) in [5.41, 5.74) is 1.49. The number of ketones is 1. The Bertz CT molecular complexity index is 537. The minimum Gasteiger partial charge on any atom is -0.390 e. The number of hydrogen-bond donors (Lipinski definition) is 2. The van der Waals surface area contributed by atoms with Crippen LogP contribution in [-0.2, 0) is 6.42 Å². The standard InChI is InChI=1S/C17H18O3/c18-15(12-11-13-7-3-1-4-8-13)17(20)16(19)14-9-5-2-6-10-14/h1-10,15,17-18,20H,11-12H2/t15-,17+/m1/s1. The minimum absolute atomic E-state index is 0.351. The van der Waals surface area contributed by atoms with Gasteiger partial charge in [-0.3, -0.25) is 4.79 Å². The molecule has 0 amide bonds. The number of carbonyl (C=O) groups is 1. The molecule has 3 nitrogen and oxygen atoms in total. The summed E-state index contributed by atoms with van der Waals surface area (Å²) in [6, 6.07) is 18.2. The Morgan fingerprint density at radius 2 is 1.45 bits per heavy atom. The van der Waals surface area contributed by atoms with E-state index in [1.165, 1.54) is 0 Å². The predicted octanol–water partition coefficient (Wildman–Crippen LogP) is 2.22. The fourth-order valence-electron chi connectivity index (χ4n) is 2.07. The summed E-state index contributed by atoms with van der Waals surface area (Å²) in [5, 5.41) is 19.9. The van der Waals surface area contributed by atoms with Crippen molar-refractivity contribution in [2.24, 2.45) is 0 Å². The second-order valence-corrected chi connectivity index (χ2v) is 4.77. The maximum Gasteiger partial charge on any atom is 0.193 e. The van der Waals surface area contributed by atoms with Gasteiger partial charge in [0.25, 0.3) is 0 Å². The van der Waals surface area contributed by atoms with Crippen molar-refractivity contribution >= 4 is 5.78 Å². The van der Waals surface area contributed by atoms with Gasteiger partial charge in [-0.15, -0.1) is 0 Å². The molecule has 0 saturated heterocycles. The number of benzene rings is 2. The first-order chi connectivity index (χ1) is 9.68. The van der Waals surface area contributed by atoms with Gasteiger partial charge in [0.2, 0.25) is 0 Å². The van der Waals surface area contributed by atoms with Crippen LogP contribution in [0.4, 0.5) is 0 Å². The molecule has 2 aromatic carbocycles. The van der Waals surface area contributed by atoms with E-state index < -0.39 is 18.0 Å². The lowest BCUT2D eigenvalue weighted by Gasteiger charge is -2.16. The first-order valence-corrected chi connectivity index (χ1v) is 6.68. The number of Topliss-reactive ketones (excluding diaryl/α,β-unsaturated/α-hetero) is 1. The molecule has 0 unspecified atom stereocenters. The summed E-state index contributed by atoms with van der Waals surface area (Å²) >= 11 is 0. The second kappa shape index (κ2) is 6.98. The van der Waals surface area contributed by atoms with E-state index in [0.717, 1.165) is 5.56 Å². The van der Waals surface area contributed by atoms with Crippen molar-refractivity contribution in [2.75, 3.05) is 0 Å². The summed E-state index contributed by atoms with van der Waals surface area (Å²) in [4.78, 5) is 12.0. The number of aryl methyl sites for hydroxylation is 1. The van der Waals surface area contributed by atoms with E-state index in [1.54, 1.807) is 30.3 Å². The van der Waals surface area contributed by atoms with Crippen molar-refractivity contribution in [3.05, 3.63) is 71.8 Å². The molecular weight excluding hydrogens is 252 g/mol. The molecule has 104 valence electrons. The maximum absolute atomic E-state index is 12.0. The van der Waals surface area contributed by atoms with Gasteiger partial charge in [-0.2, -0.15) is 0 Å². The molecule has 2 atom stereocenters. The van der Waals surface area contributed by atoms with Crippen LogP contribution < -0.4 is 0 Å². The van der Waals surface area contributed by atoms with Crippen molar-refractivity contribution in [1.29, 1.82) is 0 Å². The van der Waals surface area contributed by atoms with Crippen LogP contribution in [0.1, 0.15) is 22.3 Å². The van der Waals surface area contributed by atoms with Gasteiger partial charge in [-0.25, -0.2) is 0 Å². The van der Waals surface area contributed by atoms with Gasteiger partial charge in [0.15, 0.2) is 5.78 Å². The normalized spacial score (nSPS) is 13.7. The van der Waals surface area contributed by atoms with Gasteiger partial charge in [0.05, 0.1) is 6.10 Å². The Balaban J connectivity index is 1.92. The Kier molecular flexibility index (Phi) is 5.04. The van der Waals surface area contributed by atoms with Gasteiger partial charge in [-0.1, -0.05) is 60.7 Å². The zero-order valence-electron chi connectivity index (χ0n) is 11.1. The van der Waals surface area contributed by atoms with Gasteiger partial charge >= 0.3 is 0 Å². The third-order valence-electron chi connectivity index (χ3n) is 3.26. The zero-order valence-corrected chi connectivity index (χ0v) is 11.1. The summed E-state index contributed by atoms with van der Waals surface area (Å²) in [6.45, 7) is 0. The average molecular weight is 270 g/mol. The first kappa shape index (κ1) is 14.4. The monoisotopic (exact) mass is 270 g/mol. The lowest BCUT2D eigenvalue weighted by Crippen LogP contribution is -2.34. The molecule has 0 bridgehead atoms. The lowest BCUT2D eigenvalue weighted by atomic mass is 9.98. The number of carbonyl (C=O) groups excluding carboxylic acids is 1. The van der Waals surface area contributed by atoms with Crippen LogP contribution in [0.5, 0.6) is 0 Å². The van der Waals surface area contributed by atoms with Gasteiger partial charge in [0, 0.05) is 5.56 Å². The molecule has 0 aliphatic rings. The SMILES string of the molecule is O=C(c1ccccc1)[C@@H](O)[C@H](O)CCc1ccccc1. The van der Waals surface area contributed by atoms with Crippen molar-refractivity contribution in [3.8, 4) is 0 Å². The summed E-state index contributed by atoms with van der Waals surface area (Å²) in [7, 11) is 0. The van der Waals surface area contributed by atoms with E-state index in [0.29, 0.717) is 18.4 Å². The number of rotatable bonds is 6. The van der Waals surface area contributed by atoms with Crippen LogP contribution in [-0.4, -0.2) is 28.2 Å². The molecule has 20 heavy (non-hydrogen) atoms. The Hall–Kier alpha value is -1.97. The van der Waals surface area contributed by atoms with E-state index in [1.807, 2.05) is 30.3 Å². The van der Waals surface area contributed by atoms with Crippen LogP contribution in [0.3, 0.4) is 0 Å². The third-order valence-corrected chi connectivity index (χ3v) is 3.26. The van der Waals surface area contributed by atoms with Crippen LogP contribution in [0.15, 0.2) is 60.7 Å². The maximum atomic E-state index is 12.0. The highest BCUT2D eigenvalue weighted by Crippen LogP contribution is 2.11. The topological polar surface area (TPSA) is 57.5 Å². The molecule has 0 spiro atoms. The third kappa shape index (κ3) is 3.76. The molecule has 3 heteroatoms. The predicted molar refractivity (Wildman–Crippen MR) is 77.5 cm³/mol. The second-order valence-electron chi connectivity index (χ2n) is 4.77. The van der Waals surface area contributed by atoms with Crippen molar-refractivity contribution in [2.45, 2.75) is 25.0 Å². The molecule has 2 rings (SSSR count). The number of aliphatic hydroxyl groups excluding tert-OH is 2. The molecular formula is C17H18O3. The van der Waals surface area contributed by atoms with E-state index in [-0.39, 0.29) is 0 Å². The van der Waals surface area contributed by atoms with Crippen molar-refractivity contribution in [3.63, 3.8) is 0 Å². The summed E-state index contributed by atoms with van der Waals surface area (Å²) < 4.78 is 0. The number of aliphatic hydroxyl groups is 2. The highest BCUT2D eigenvalue weighted by molar-refractivity contribution is 5.99. The summed E-state index contributed by atoms with van der Waals surface area (Å²) in [5.74, 6) is -0.439. The molecule has 0 heterocycles. The van der Waals surface area contributed by atoms with Gasteiger partial charge < -0.3 is 10.2 Å². The fraction of sp³-hybridized carbons (Fsp3) is 0.235. The fourth-order valence-corrected chi connectivity index (χ4v) is 2.07. The van der Waals surface area contributed by atoms with Crippen LogP contribution in [0.2, 0.25) is 0 Å². The largest absolute Gasteiger partial charge is 0.390 e. The summed E-state index contributed by atoms with van der Waals surface area (Å²) in [6.07, 6.45) is -1.45. The Morgan fingerprint density at radius 1 is 0.900 bits per heavy atom. The van der Waals surface area contributed by atoms with E-state index in [4.69, 9.17) is 0 Å². The number of hydrogen-bond acceptors (Lipinski definition) is 3. The highest BCUT2D eigenvalue weighted by atomic mass is 16.3. The van der Waals surface area contributed by atoms with E-state index in [9.17, 15) is 15.0 Å². The van der Waals surface area contributed by atoms with E-state index >= 15 is 0 Å². The van der Waals surface area contributed by atoms with E-state index in [2.05, 4.69) is 0 Å². The smallest absolute Gasteiger partial charge is 0.193 e. The molecule has 2 aromatic rings. The van der Waals surface area contributed by atoms with Gasteiger partial charge in [-0.05, 0) is 18.4 Å². The van der Waals surface area contributed by atoms with Crippen LogP contribution in [0.25, 0.3) is 0 Å². The zero-order chi connectivity index (χ0) is 14.4. The molecule has 0 aliphatic carbocycles. The molecule has 0 saturated carbocycles. The molecule has 0 fully saturated rings. The molecule has 0 aromatic heterocycles. The van der Waals surface area contributed by atoms with Crippen LogP contribution >= 0.6 is 0 Å². The van der Waals surface area contributed by atoms with Crippen molar-refractivity contribution < 1.29 is 15.0 Å². The lowest BCUT2D eigenvalue weighted by molar-refractivity contribution is 0.0180. The molecule has 2 N–H and O–H groups in total. The van der Waals surface area contributed by atoms with Crippen LogP contribution in [0, 0.1) is 0 Å². The van der Waals surface area contributed by atoms with Crippen molar-refractivity contribution in [1.82, 2.24) is 0 Å². The van der Waals surface area contributed by atoms with Gasteiger partial charge in [0.1, 0.15) is 6.10 Å². The quantitative estimate of drug-likeness (QED) is 0.791. The molecule has 0 aliphatic heterocycles. The Morgan fingerprint density at radius 3 is 2.05 bits per heavy atom. The average Bonchev–Trinajstić information content (AvgIpc) is 2.53. The Labute approximate surface area is 118 Å². The minimum atomic E-state index is -1.37. The highest BCUT2D eigenvalue weighted by Gasteiger charge is 2.24. The first-order valence-electron chi connectivity index (χ1n) is 6.68. The molecule has 0 radical (unpaired) electrons.